The minimum absolute atomic E-state index is 0.0328. The highest BCUT2D eigenvalue weighted by Gasteiger charge is 2.13. The molecule has 2 aromatic rings. The summed E-state index contributed by atoms with van der Waals surface area (Å²) in [6, 6.07) is 12.3. The lowest BCUT2D eigenvalue weighted by molar-refractivity contribution is 0.474. The highest BCUT2D eigenvalue weighted by molar-refractivity contribution is 7.89. The number of para-hydroxylation sites is 1. The fourth-order valence-electron chi connectivity index (χ4n) is 1.67. The largest absolute Gasteiger partial charge is 0.507 e. The van der Waals surface area contributed by atoms with E-state index in [1.165, 1.54) is 30.3 Å². The lowest BCUT2D eigenvalue weighted by Crippen LogP contribution is -2.20. The van der Waals surface area contributed by atoms with Crippen molar-refractivity contribution in [1.29, 1.82) is 0 Å². The van der Waals surface area contributed by atoms with Crippen molar-refractivity contribution < 1.29 is 13.5 Å². The number of phenols is 1. The number of nitrogens with zero attached hydrogens (tertiary/aromatic N) is 1. The molecular formula is C14H15N3O3S. The van der Waals surface area contributed by atoms with Gasteiger partial charge >= 0.3 is 0 Å². The van der Waals surface area contributed by atoms with Crippen molar-refractivity contribution in [2.24, 2.45) is 5.10 Å². The van der Waals surface area contributed by atoms with Crippen molar-refractivity contribution >= 4 is 21.4 Å². The van der Waals surface area contributed by atoms with E-state index in [1.807, 2.05) is 0 Å². The number of hydrogen-bond donors (Lipinski definition) is 3. The van der Waals surface area contributed by atoms with Crippen LogP contribution in [0.4, 0.5) is 5.69 Å². The predicted octanol–water partition coefficient (Wildman–Crippen LogP) is 1.68. The molecule has 0 aliphatic carbocycles. The van der Waals surface area contributed by atoms with Gasteiger partial charge in [-0.3, -0.25) is 0 Å². The molecule has 0 atom stereocenters. The van der Waals surface area contributed by atoms with Crippen LogP contribution in [0.5, 0.6) is 5.75 Å². The third-order valence-electron chi connectivity index (χ3n) is 2.82. The molecular weight excluding hydrogens is 290 g/mol. The van der Waals surface area contributed by atoms with Gasteiger partial charge in [0.1, 0.15) is 5.75 Å². The molecule has 0 radical (unpaired) electrons. The van der Waals surface area contributed by atoms with E-state index in [1.54, 1.807) is 25.1 Å². The average Bonchev–Trinajstić information content (AvgIpc) is 2.46. The zero-order valence-electron chi connectivity index (χ0n) is 11.3. The minimum atomic E-state index is -3.77. The smallest absolute Gasteiger partial charge is 0.276 e. The number of anilines is 1. The van der Waals surface area contributed by atoms with Gasteiger partial charge < -0.3 is 10.8 Å². The Labute approximate surface area is 123 Å². The number of rotatable bonds is 4. The van der Waals surface area contributed by atoms with Crippen molar-refractivity contribution in [2.75, 3.05) is 5.73 Å². The van der Waals surface area contributed by atoms with E-state index >= 15 is 0 Å². The molecule has 0 saturated carbocycles. The molecule has 0 aromatic heterocycles. The summed E-state index contributed by atoms with van der Waals surface area (Å²) < 4.78 is 24.1. The number of nitrogen functional groups attached to an aromatic ring is 1. The molecule has 0 amide bonds. The number of nitrogens with one attached hydrogen (secondary N) is 1. The molecule has 2 aromatic carbocycles. The van der Waals surface area contributed by atoms with Gasteiger partial charge in [0.2, 0.25) is 0 Å². The highest BCUT2D eigenvalue weighted by Crippen LogP contribution is 2.17. The van der Waals surface area contributed by atoms with Crippen LogP contribution < -0.4 is 10.6 Å². The molecule has 0 heterocycles. The van der Waals surface area contributed by atoms with Gasteiger partial charge in [-0.1, -0.05) is 12.1 Å². The Morgan fingerprint density at radius 3 is 2.38 bits per heavy atom. The summed E-state index contributed by atoms with van der Waals surface area (Å²) >= 11 is 0. The third-order valence-corrected chi connectivity index (χ3v) is 4.04. The monoisotopic (exact) mass is 305 g/mol. The van der Waals surface area contributed by atoms with Crippen LogP contribution >= 0.6 is 0 Å². The van der Waals surface area contributed by atoms with Crippen molar-refractivity contribution in [3.8, 4) is 5.75 Å². The standard InChI is InChI=1S/C14H15N3O3S/c1-10(13-4-2-3-5-14(13)18)16-17-21(19,20)12-8-6-11(15)7-9-12/h2-9,17-18H,15H2,1H3/b16-10+. The van der Waals surface area contributed by atoms with Gasteiger partial charge in [-0.2, -0.15) is 18.4 Å². The SMILES string of the molecule is C/C(=N\NS(=O)(=O)c1ccc(N)cc1)c1ccccc1O. The summed E-state index contributed by atoms with van der Waals surface area (Å²) in [6.45, 7) is 1.60. The summed E-state index contributed by atoms with van der Waals surface area (Å²) in [4.78, 5) is 2.19. The van der Waals surface area contributed by atoms with E-state index in [-0.39, 0.29) is 10.6 Å². The van der Waals surface area contributed by atoms with E-state index < -0.39 is 10.0 Å². The molecule has 0 fully saturated rings. The lowest BCUT2D eigenvalue weighted by Gasteiger charge is -2.06. The van der Waals surface area contributed by atoms with E-state index in [0.717, 1.165) is 0 Å². The predicted molar refractivity (Wildman–Crippen MR) is 81.5 cm³/mol. The zero-order chi connectivity index (χ0) is 15.5. The van der Waals surface area contributed by atoms with Crippen LogP contribution in [-0.4, -0.2) is 19.2 Å². The maximum Gasteiger partial charge on any atom is 0.276 e. The van der Waals surface area contributed by atoms with Crippen LogP contribution in [0.15, 0.2) is 58.5 Å². The van der Waals surface area contributed by atoms with Crippen molar-refractivity contribution in [3.05, 3.63) is 54.1 Å². The Morgan fingerprint density at radius 1 is 1.14 bits per heavy atom. The second kappa shape index (κ2) is 5.84. The molecule has 0 unspecified atom stereocenters. The van der Waals surface area contributed by atoms with Crippen molar-refractivity contribution in [2.45, 2.75) is 11.8 Å². The molecule has 0 bridgehead atoms. The van der Waals surface area contributed by atoms with Crippen LogP contribution in [0, 0.1) is 0 Å². The van der Waals surface area contributed by atoms with E-state index in [4.69, 9.17) is 5.73 Å². The Morgan fingerprint density at radius 2 is 1.76 bits per heavy atom. The summed E-state index contributed by atoms with van der Waals surface area (Å²) in [7, 11) is -3.77. The molecule has 7 heteroatoms. The third kappa shape index (κ3) is 3.51. The molecule has 6 nitrogen and oxygen atoms in total. The van der Waals surface area contributed by atoms with E-state index in [9.17, 15) is 13.5 Å². The highest BCUT2D eigenvalue weighted by atomic mass is 32.2. The Hall–Kier alpha value is -2.54. The maximum absolute atomic E-state index is 12.0. The van der Waals surface area contributed by atoms with Gasteiger partial charge in [-0.15, -0.1) is 0 Å². The number of phenolic OH excluding ortho intramolecular Hbond substituents is 1. The molecule has 0 aliphatic heterocycles. The molecule has 2 rings (SSSR count). The summed E-state index contributed by atoms with van der Waals surface area (Å²) in [6.07, 6.45) is 0. The van der Waals surface area contributed by atoms with Gasteiger partial charge in [-0.25, -0.2) is 0 Å². The number of benzene rings is 2. The van der Waals surface area contributed by atoms with Gasteiger partial charge in [0.15, 0.2) is 0 Å². The summed E-state index contributed by atoms with van der Waals surface area (Å²) in [5, 5.41) is 13.5. The Balaban J connectivity index is 2.23. The van der Waals surface area contributed by atoms with E-state index in [0.29, 0.717) is 17.0 Å². The fraction of sp³-hybridized carbons (Fsp3) is 0.0714. The fourth-order valence-corrected chi connectivity index (χ4v) is 2.52. The molecule has 4 N–H and O–H groups in total. The van der Waals surface area contributed by atoms with E-state index in [2.05, 4.69) is 9.93 Å². The summed E-state index contributed by atoms with van der Waals surface area (Å²) in [5.41, 5.74) is 6.80. The lowest BCUT2D eigenvalue weighted by atomic mass is 10.1. The molecule has 21 heavy (non-hydrogen) atoms. The first-order chi connectivity index (χ1) is 9.90. The number of sulfonamides is 1. The van der Waals surface area contributed by atoms with Crippen molar-refractivity contribution in [3.63, 3.8) is 0 Å². The first-order valence-corrected chi connectivity index (χ1v) is 7.58. The second-order valence-corrected chi connectivity index (χ2v) is 6.04. The average molecular weight is 305 g/mol. The second-order valence-electron chi connectivity index (χ2n) is 4.38. The Bertz CT molecular complexity index is 768. The van der Waals surface area contributed by atoms with Crippen molar-refractivity contribution in [1.82, 2.24) is 4.83 Å². The number of aromatic hydroxyl groups is 1. The van der Waals surface area contributed by atoms with Crippen LogP contribution in [0.3, 0.4) is 0 Å². The number of nitrogens with two attached hydrogens (primary N) is 1. The maximum atomic E-state index is 12.0. The molecule has 0 saturated heterocycles. The first-order valence-electron chi connectivity index (χ1n) is 6.10. The Kier molecular flexibility index (Phi) is 4.13. The van der Waals surface area contributed by atoms with Crippen LogP contribution in [-0.2, 0) is 10.0 Å². The minimum Gasteiger partial charge on any atom is -0.507 e. The van der Waals surface area contributed by atoms with Gasteiger partial charge in [0.25, 0.3) is 10.0 Å². The van der Waals surface area contributed by atoms with Gasteiger partial charge in [0, 0.05) is 11.3 Å². The number of hydrazone groups is 1. The van der Waals surface area contributed by atoms with Crippen LogP contribution in [0.1, 0.15) is 12.5 Å². The number of hydrogen-bond acceptors (Lipinski definition) is 5. The molecule has 0 aliphatic rings. The molecule has 110 valence electrons. The van der Waals surface area contributed by atoms with Gasteiger partial charge in [-0.05, 0) is 43.3 Å². The van der Waals surface area contributed by atoms with Crippen LogP contribution in [0.25, 0.3) is 0 Å². The first kappa shape index (κ1) is 14.9. The zero-order valence-corrected chi connectivity index (χ0v) is 12.1. The quantitative estimate of drug-likeness (QED) is 0.454. The van der Waals surface area contributed by atoms with Crippen LogP contribution in [0.2, 0.25) is 0 Å². The molecule has 0 spiro atoms. The normalized spacial score (nSPS) is 12.1. The topological polar surface area (TPSA) is 105 Å². The van der Waals surface area contributed by atoms with Gasteiger partial charge in [0.05, 0.1) is 10.6 Å². The summed E-state index contributed by atoms with van der Waals surface area (Å²) in [5.74, 6) is 0.0328.